The van der Waals surface area contributed by atoms with Crippen LogP contribution in [0.4, 0.5) is 0 Å². The van der Waals surface area contributed by atoms with Gasteiger partial charge in [-0.25, -0.2) is 0 Å². The molecule has 0 aromatic heterocycles. The number of hydrogen-bond acceptors (Lipinski definition) is 1. The van der Waals surface area contributed by atoms with Crippen molar-refractivity contribution in [1.82, 2.24) is 3.86 Å². The van der Waals surface area contributed by atoms with Gasteiger partial charge in [0.25, 0.3) is 0 Å². The average molecular weight is 363 g/mol. The van der Waals surface area contributed by atoms with E-state index in [0.717, 1.165) is 0 Å². The second kappa shape index (κ2) is 15.1. The zero-order valence-electron chi connectivity index (χ0n) is 13.4. The van der Waals surface area contributed by atoms with Gasteiger partial charge in [0, 0.05) is 0 Å². The van der Waals surface area contributed by atoms with Crippen LogP contribution in [-0.4, -0.2) is 45.9 Å². The Balaban J connectivity index is 0. The van der Waals surface area contributed by atoms with Crippen LogP contribution in [0.5, 0.6) is 0 Å². The third-order valence-electron chi connectivity index (χ3n) is 3.53. The molecule has 17 heavy (non-hydrogen) atoms. The summed E-state index contributed by atoms with van der Waals surface area (Å²) in [6, 6.07) is 0. The van der Waals surface area contributed by atoms with Crippen molar-refractivity contribution in [3.63, 3.8) is 0 Å². The van der Waals surface area contributed by atoms with E-state index in [1.807, 2.05) is 0 Å². The molecule has 0 aliphatic carbocycles. The molecule has 0 saturated carbocycles. The van der Waals surface area contributed by atoms with Crippen LogP contribution in [-0.2, 0) is 0 Å². The number of nitrogens with zero attached hydrogens (tertiary/aromatic N) is 1. The van der Waals surface area contributed by atoms with E-state index in [0.29, 0.717) is 0 Å². The van der Waals surface area contributed by atoms with Crippen LogP contribution < -0.4 is 0 Å². The molecule has 1 nitrogen and oxygen atoms in total. The second-order valence-electron chi connectivity index (χ2n) is 4.26. The molecular weight excluding hydrogens is 327 g/mol. The summed E-state index contributed by atoms with van der Waals surface area (Å²) in [5.74, 6) is 0. The fourth-order valence-electron chi connectivity index (χ4n) is 2.12. The monoisotopic (exact) mass is 365 g/mol. The molecule has 0 aromatic carbocycles. The van der Waals surface area contributed by atoms with Crippen LogP contribution in [0.3, 0.4) is 0 Å². The summed E-state index contributed by atoms with van der Waals surface area (Å²) < 4.78 is 2.69. The summed E-state index contributed by atoms with van der Waals surface area (Å²) in [5.41, 5.74) is 0. The van der Waals surface area contributed by atoms with Gasteiger partial charge in [0.1, 0.15) is 0 Å². The SMILES string of the molecule is CC[N](CC)[Ge]([CH2]C)[CH2]C.C[CH2][Ge]([CH2]C)[CH2]C. The van der Waals surface area contributed by atoms with Crippen molar-refractivity contribution in [1.29, 1.82) is 0 Å². The van der Waals surface area contributed by atoms with Gasteiger partial charge >= 0.3 is 121 Å². The first-order valence-electron chi connectivity index (χ1n) is 7.57. The van der Waals surface area contributed by atoms with Gasteiger partial charge in [-0.1, -0.05) is 0 Å². The maximum absolute atomic E-state index is 2.69. The third-order valence-corrected chi connectivity index (χ3v) is 16.4. The molecular formula is C14H35Ge2N. The third kappa shape index (κ3) is 10.6. The fraction of sp³-hybridized carbons (Fsp3) is 1.00. The van der Waals surface area contributed by atoms with Crippen molar-refractivity contribution < 1.29 is 0 Å². The molecule has 0 amide bonds. The first-order valence-corrected chi connectivity index (χ1v) is 15.9. The molecule has 0 N–H and O–H groups in total. The van der Waals surface area contributed by atoms with Gasteiger partial charge in [-0.05, 0) is 0 Å². The number of rotatable bonds is 8. The Morgan fingerprint density at radius 1 is 0.588 bits per heavy atom. The van der Waals surface area contributed by atoms with Crippen LogP contribution in [0.25, 0.3) is 0 Å². The molecule has 0 spiro atoms. The molecule has 0 rings (SSSR count). The fourth-order valence-corrected chi connectivity index (χ4v) is 10.1. The van der Waals surface area contributed by atoms with Crippen LogP contribution in [0.2, 0.25) is 26.3 Å². The zero-order chi connectivity index (χ0) is 13.7. The Morgan fingerprint density at radius 3 is 1.00 bits per heavy atom. The van der Waals surface area contributed by atoms with E-state index in [1.165, 1.54) is 39.4 Å². The summed E-state index contributed by atoms with van der Waals surface area (Å²) in [6.45, 7) is 18.8. The van der Waals surface area contributed by atoms with Crippen molar-refractivity contribution in [2.75, 3.05) is 13.1 Å². The molecule has 0 saturated heterocycles. The van der Waals surface area contributed by atoms with Gasteiger partial charge < -0.3 is 0 Å². The van der Waals surface area contributed by atoms with Gasteiger partial charge in [-0.3, -0.25) is 0 Å². The maximum atomic E-state index is 2.69. The minimum atomic E-state index is -0.731. The van der Waals surface area contributed by atoms with Gasteiger partial charge in [-0.15, -0.1) is 0 Å². The summed E-state index contributed by atoms with van der Waals surface area (Å²) in [5, 5.41) is 7.48. The quantitative estimate of drug-likeness (QED) is 0.555. The zero-order valence-corrected chi connectivity index (χ0v) is 17.6. The van der Waals surface area contributed by atoms with E-state index < -0.39 is 28.9 Å². The molecule has 0 unspecified atom stereocenters. The number of hydrogen-bond donors (Lipinski definition) is 0. The molecule has 0 aromatic rings. The Hall–Kier alpha value is 1.05. The average Bonchev–Trinajstić information content (AvgIpc) is 2.38. The Bertz CT molecular complexity index is 115. The van der Waals surface area contributed by atoms with Crippen molar-refractivity contribution in [3.05, 3.63) is 0 Å². The van der Waals surface area contributed by atoms with E-state index in [9.17, 15) is 0 Å². The predicted octanol–water partition coefficient (Wildman–Crippen LogP) is 4.90. The van der Waals surface area contributed by atoms with Crippen molar-refractivity contribution in [2.24, 2.45) is 0 Å². The van der Waals surface area contributed by atoms with Gasteiger partial charge in [-0.2, -0.15) is 0 Å². The van der Waals surface area contributed by atoms with Crippen LogP contribution in [0.1, 0.15) is 48.5 Å². The summed E-state index contributed by atoms with van der Waals surface area (Å²) in [7, 11) is 0. The van der Waals surface area contributed by atoms with Crippen LogP contribution >= 0.6 is 0 Å². The van der Waals surface area contributed by atoms with Gasteiger partial charge in [0.2, 0.25) is 0 Å². The second-order valence-corrected chi connectivity index (χ2v) is 18.5. The molecule has 2 radical (unpaired) electrons. The van der Waals surface area contributed by atoms with Crippen molar-refractivity contribution in [3.8, 4) is 0 Å². The van der Waals surface area contributed by atoms with E-state index in [-0.39, 0.29) is 0 Å². The Kier molecular flexibility index (Phi) is 18.1. The van der Waals surface area contributed by atoms with E-state index >= 15 is 0 Å². The van der Waals surface area contributed by atoms with Crippen molar-refractivity contribution >= 4 is 28.9 Å². The first-order chi connectivity index (χ1) is 8.14. The molecule has 3 heteroatoms. The summed E-state index contributed by atoms with van der Waals surface area (Å²) >= 11 is -1.13. The normalized spacial score (nSPS) is 10.9. The first kappa shape index (κ1) is 20.4. The molecule has 0 bridgehead atoms. The summed E-state index contributed by atoms with van der Waals surface area (Å²) in [6.07, 6.45) is 0. The minimum absolute atomic E-state index is 0.403. The van der Waals surface area contributed by atoms with Crippen LogP contribution in [0, 0.1) is 0 Å². The van der Waals surface area contributed by atoms with Crippen LogP contribution in [0.15, 0.2) is 0 Å². The molecule has 104 valence electrons. The van der Waals surface area contributed by atoms with Gasteiger partial charge in [0.15, 0.2) is 0 Å². The molecule has 0 atom stereocenters. The van der Waals surface area contributed by atoms with Crippen molar-refractivity contribution in [2.45, 2.75) is 74.7 Å². The van der Waals surface area contributed by atoms with E-state index in [4.69, 9.17) is 0 Å². The molecule has 0 aliphatic rings. The molecule has 0 fully saturated rings. The van der Waals surface area contributed by atoms with E-state index in [1.54, 1.807) is 0 Å². The standard InChI is InChI=1S/C8H20GeN.C6H15Ge/c1-5-9(6-2)10(7-3)8-4;1-4-7(5-2)6-3/h5-8H2,1-4H3;4-6H2,1-3H3. The predicted molar refractivity (Wildman–Crippen MR) is 86.8 cm³/mol. The molecule has 0 heterocycles. The van der Waals surface area contributed by atoms with Gasteiger partial charge in [0.05, 0.1) is 0 Å². The Morgan fingerprint density at radius 2 is 0.941 bits per heavy atom. The Labute approximate surface area is 120 Å². The topological polar surface area (TPSA) is 3.24 Å². The van der Waals surface area contributed by atoms with E-state index in [2.05, 4.69) is 52.3 Å². The molecule has 0 aliphatic heterocycles. The summed E-state index contributed by atoms with van der Waals surface area (Å²) in [4.78, 5) is 0.